The van der Waals surface area contributed by atoms with Crippen molar-refractivity contribution >= 4 is 17.1 Å². The third-order valence-corrected chi connectivity index (χ3v) is 4.97. The standard InChI is InChI=1S/C21H14F3N3OS/c22-21(23,24)16-3-1-2-15(9-16)20-25-10-17(27-20)14-6-4-13(5-7-14)8-19(28)18-11-29-12-26-18/h1-7,9-12H,8H2,(H,25,27). The van der Waals surface area contributed by atoms with Gasteiger partial charge in [-0.05, 0) is 23.3 Å². The molecule has 0 bridgehead atoms. The zero-order chi connectivity index (χ0) is 20.4. The average Bonchev–Trinajstić information content (AvgIpc) is 3.40. The summed E-state index contributed by atoms with van der Waals surface area (Å²) in [7, 11) is 0. The van der Waals surface area contributed by atoms with E-state index in [1.807, 2.05) is 24.3 Å². The molecular weight excluding hydrogens is 399 g/mol. The molecule has 146 valence electrons. The molecular formula is C21H14F3N3OS. The Morgan fingerprint density at radius 2 is 1.83 bits per heavy atom. The monoisotopic (exact) mass is 413 g/mol. The van der Waals surface area contributed by atoms with Gasteiger partial charge in [-0.15, -0.1) is 11.3 Å². The van der Waals surface area contributed by atoms with Crippen LogP contribution < -0.4 is 0 Å². The first-order valence-electron chi connectivity index (χ1n) is 8.63. The number of nitrogens with one attached hydrogen (secondary N) is 1. The van der Waals surface area contributed by atoms with E-state index in [1.165, 1.54) is 17.4 Å². The van der Waals surface area contributed by atoms with Gasteiger partial charge in [0, 0.05) is 17.4 Å². The number of Topliss-reactive ketones (excluding diaryl/α,β-unsaturated/α-hetero) is 1. The number of H-pyrrole nitrogens is 1. The number of hydrogen-bond donors (Lipinski definition) is 1. The molecule has 0 spiro atoms. The second-order valence-corrected chi connectivity index (χ2v) is 7.11. The molecule has 2 heterocycles. The molecule has 0 amide bonds. The van der Waals surface area contributed by atoms with Crippen molar-refractivity contribution in [3.63, 3.8) is 0 Å². The average molecular weight is 413 g/mol. The minimum atomic E-state index is -4.41. The molecule has 2 aromatic carbocycles. The number of ketones is 1. The molecule has 29 heavy (non-hydrogen) atoms. The number of halogens is 3. The fourth-order valence-corrected chi connectivity index (χ4v) is 3.44. The van der Waals surface area contributed by atoms with Gasteiger partial charge in [-0.2, -0.15) is 13.2 Å². The quantitative estimate of drug-likeness (QED) is 0.431. The highest BCUT2D eigenvalue weighted by molar-refractivity contribution is 7.07. The Balaban J connectivity index is 1.52. The fourth-order valence-electron chi connectivity index (χ4n) is 2.89. The number of imidazole rings is 1. The molecule has 0 radical (unpaired) electrons. The van der Waals surface area contributed by atoms with Gasteiger partial charge in [0.25, 0.3) is 0 Å². The van der Waals surface area contributed by atoms with Crippen LogP contribution in [0, 0.1) is 0 Å². The molecule has 0 saturated heterocycles. The van der Waals surface area contributed by atoms with Crippen molar-refractivity contribution in [2.24, 2.45) is 0 Å². The molecule has 8 heteroatoms. The van der Waals surface area contributed by atoms with Crippen LogP contribution in [0.4, 0.5) is 13.2 Å². The molecule has 0 aliphatic heterocycles. The van der Waals surface area contributed by atoms with Crippen LogP contribution in [0.25, 0.3) is 22.6 Å². The molecule has 0 unspecified atom stereocenters. The summed E-state index contributed by atoms with van der Waals surface area (Å²) in [6.07, 6.45) is -2.58. The number of thiazole rings is 1. The third kappa shape index (κ3) is 4.27. The van der Waals surface area contributed by atoms with Crippen LogP contribution in [-0.4, -0.2) is 20.7 Å². The Hall–Kier alpha value is -3.26. The number of aromatic amines is 1. The summed E-state index contributed by atoms with van der Waals surface area (Å²) >= 11 is 1.38. The maximum absolute atomic E-state index is 12.9. The van der Waals surface area contributed by atoms with Crippen molar-refractivity contribution in [3.05, 3.63) is 82.4 Å². The van der Waals surface area contributed by atoms with Gasteiger partial charge in [0.15, 0.2) is 5.78 Å². The van der Waals surface area contributed by atoms with E-state index in [0.29, 0.717) is 22.8 Å². The molecule has 0 saturated carbocycles. The van der Waals surface area contributed by atoms with Crippen LogP contribution in [0.2, 0.25) is 0 Å². The summed E-state index contributed by atoms with van der Waals surface area (Å²) in [5.41, 5.74) is 4.06. The highest BCUT2D eigenvalue weighted by atomic mass is 32.1. The SMILES string of the molecule is O=C(Cc1ccc(-c2cnc(-c3cccc(C(F)(F)F)c3)[nH]2)cc1)c1cscn1. The summed E-state index contributed by atoms with van der Waals surface area (Å²) in [6, 6.07) is 12.4. The first kappa shape index (κ1) is 19.1. The van der Waals surface area contributed by atoms with Gasteiger partial charge in [-0.25, -0.2) is 9.97 Å². The molecule has 0 fully saturated rings. The van der Waals surface area contributed by atoms with E-state index < -0.39 is 11.7 Å². The van der Waals surface area contributed by atoms with Crippen LogP contribution in [-0.2, 0) is 12.6 Å². The van der Waals surface area contributed by atoms with Crippen molar-refractivity contribution in [2.45, 2.75) is 12.6 Å². The Morgan fingerprint density at radius 1 is 1.03 bits per heavy atom. The Kier molecular flexibility index (Phi) is 5.02. The van der Waals surface area contributed by atoms with E-state index in [-0.39, 0.29) is 12.2 Å². The predicted molar refractivity (Wildman–Crippen MR) is 105 cm³/mol. The third-order valence-electron chi connectivity index (χ3n) is 4.39. The molecule has 2 aromatic heterocycles. The summed E-state index contributed by atoms with van der Waals surface area (Å²) in [4.78, 5) is 23.4. The van der Waals surface area contributed by atoms with E-state index >= 15 is 0 Å². The number of hydrogen-bond acceptors (Lipinski definition) is 4. The topological polar surface area (TPSA) is 58.6 Å². The van der Waals surface area contributed by atoms with Crippen molar-refractivity contribution in [3.8, 4) is 22.6 Å². The number of benzene rings is 2. The molecule has 4 aromatic rings. The zero-order valence-corrected chi connectivity index (χ0v) is 15.7. The molecule has 4 nitrogen and oxygen atoms in total. The highest BCUT2D eigenvalue weighted by Gasteiger charge is 2.30. The lowest BCUT2D eigenvalue weighted by molar-refractivity contribution is -0.137. The van der Waals surface area contributed by atoms with Crippen molar-refractivity contribution in [1.29, 1.82) is 0 Å². The van der Waals surface area contributed by atoms with Crippen LogP contribution in [0.3, 0.4) is 0 Å². The summed E-state index contributed by atoms with van der Waals surface area (Å²) < 4.78 is 38.7. The van der Waals surface area contributed by atoms with E-state index in [2.05, 4.69) is 15.0 Å². The van der Waals surface area contributed by atoms with Gasteiger partial charge in [0.2, 0.25) is 0 Å². The maximum Gasteiger partial charge on any atom is 0.416 e. The number of nitrogens with zero attached hydrogens (tertiary/aromatic N) is 2. The zero-order valence-electron chi connectivity index (χ0n) is 14.9. The molecule has 0 atom stereocenters. The normalized spacial score (nSPS) is 11.6. The van der Waals surface area contributed by atoms with Crippen LogP contribution in [0.15, 0.2) is 65.6 Å². The van der Waals surface area contributed by atoms with Crippen molar-refractivity contribution in [2.75, 3.05) is 0 Å². The molecule has 1 N–H and O–H groups in total. The minimum Gasteiger partial charge on any atom is -0.338 e. The summed E-state index contributed by atoms with van der Waals surface area (Å²) in [5, 5.41) is 1.72. The molecule has 0 aliphatic carbocycles. The van der Waals surface area contributed by atoms with Gasteiger partial charge >= 0.3 is 6.18 Å². The minimum absolute atomic E-state index is 0.0487. The van der Waals surface area contributed by atoms with Crippen molar-refractivity contribution in [1.82, 2.24) is 15.0 Å². The lowest BCUT2D eigenvalue weighted by Crippen LogP contribution is -2.04. The number of rotatable bonds is 5. The predicted octanol–water partition coefficient (Wildman–Crippen LogP) is 5.64. The fraction of sp³-hybridized carbons (Fsp3) is 0.0952. The number of aromatic nitrogens is 3. The first-order chi connectivity index (χ1) is 13.9. The van der Waals surface area contributed by atoms with E-state index in [0.717, 1.165) is 23.3 Å². The summed E-state index contributed by atoms with van der Waals surface area (Å²) in [6.45, 7) is 0. The second-order valence-electron chi connectivity index (χ2n) is 6.39. The number of alkyl halides is 3. The van der Waals surface area contributed by atoms with E-state index in [1.54, 1.807) is 23.2 Å². The largest absolute Gasteiger partial charge is 0.416 e. The maximum atomic E-state index is 12.9. The van der Waals surface area contributed by atoms with Crippen LogP contribution in [0.1, 0.15) is 21.6 Å². The van der Waals surface area contributed by atoms with Gasteiger partial charge < -0.3 is 4.98 Å². The lowest BCUT2D eigenvalue weighted by atomic mass is 10.0. The summed E-state index contributed by atoms with van der Waals surface area (Å²) in [5.74, 6) is 0.307. The lowest BCUT2D eigenvalue weighted by Gasteiger charge is -2.07. The molecule has 4 rings (SSSR count). The highest BCUT2D eigenvalue weighted by Crippen LogP contribution is 2.32. The number of carbonyl (C=O) groups excluding carboxylic acids is 1. The Labute approximate surface area is 168 Å². The van der Waals surface area contributed by atoms with E-state index in [9.17, 15) is 18.0 Å². The van der Waals surface area contributed by atoms with Gasteiger partial charge in [-0.3, -0.25) is 4.79 Å². The van der Waals surface area contributed by atoms with E-state index in [4.69, 9.17) is 0 Å². The van der Waals surface area contributed by atoms with Crippen LogP contribution >= 0.6 is 11.3 Å². The van der Waals surface area contributed by atoms with Gasteiger partial charge in [0.05, 0.1) is 23.0 Å². The van der Waals surface area contributed by atoms with Crippen molar-refractivity contribution < 1.29 is 18.0 Å². The molecule has 0 aliphatic rings. The van der Waals surface area contributed by atoms with Gasteiger partial charge in [-0.1, -0.05) is 36.4 Å². The Bertz CT molecular complexity index is 1130. The Morgan fingerprint density at radius 3 is 2.52 bits per heavy atom. The van der Waals surface area contributed by atoms with Gasteiger partial charge in [0.1, 0.15) is 11.5 Å². The second kappa shape index (κ2) is 7.63. The number of carbonyl (C=O) groups is 1. The smallest absolute Gasteiger partial charge is 0.338 e. The first-order valence-corrected chi connectivity index (χ1v) is 9.58. The van der Waals surface area contributed by atoms with Crippen LogP contribution in [0.5, 0.6) is 0 Å².